The summed E-state index contributed by atoms with van der Waals surface area (Å²) in [5.41, 5.74) is 5.01. The van der Waals surface area contributed by atoms with Gasteiger partial charge in [-0.1, -0.05) is 24.3 Å². The largest absolute Gasteiger partial charge is 0.334 e. The van der Waals surface area contributed by atoms with Gasteiger partial charge in [-0.15, -0.1) is 0 Å². The van der Waals surface area contributed by atoms with E-state index in [4.69, 9.17) is 0 Å². The lowest BCUT2D eigenvalue weighted by molar-refractivity contribution is 0.243. The van der Waals surface area contributed by atoms with Gasteiger partial charge in [-0.05, 0) is 29.5 Å². The summed E-state index contributed by atoms with van der Waals surface area (Å²) >= 11 is 0. The smallest absolute Gasteiger partial charge is 0.319 e. The van der Waals surface area contributed by atoms with E-state index in [0.29, 0.717) is 6.54 Å². The highest BCUT2D eigenvalue weighted by Gasteiger charge is 2.23. The van der Waals surface area contributed by atoms with Gasteiger partial charge in [-0.25, -0.2) is 4.79 Å². The van der Waals surface area contributed by atoms with Crippen molar-refractivity contribution in [3.63, 3.8) is 0 Å². The number of nitrogens with one attached hydrogen (secondary N) is 2. The molecule has 1 heterocycles. The van der Waals surface area contributed by atoms with Crippen LogP contribution in [0.3, 0.4) is 0 Å². The molecule has 15 heavy (non-hydrogen) atoms. The molecule has 2 N–H and O–H groups in total. The van der Waals surface area contributed by atoms with Crippen molar-refractivity contribution < 1.29 is 4.79 Å². The van der Waals surface area contributed by atoms with Crippen LogP contribution in [0.1, 0.15) is 17.5 Å². The van der Waals surface area contributed by atoms with Crippen molar-refractivity contribution in [3.05, 3.63) is 41.1 Å². The summed E-state index contributed by atoms with van der Waals surface area (Å²) < 4.78 is 0. The number of carbonyl (C=O) groups excluding carboxylic acids is 1. The molecule has 0 spiro atoms. The van der Waals surface area contributed by atoms with Crippen molar-refractivity contribution in [2.75, 3.05) is 6.54 Å². The monoisotopic (exact) mass is 200 g/mol. The average molecular weight is 200 g/mol. The first kappa shape index (κ1) is 8.53. The molecule has 0 bridgehead atoms. The third kappa shape index (κ3) is 1.31. The van der Waals surface area contributed by atoms with Crippen LogP contribution in [0.4, 0.5) is 4.79 Å². The summed E-state index contributed by atoms with van der Waals surface area (Å²) in [5, 5.41) is 5.70. The van der Waals surface area contributed by atoms with Gasteiger partial charge in [0.25, 0.3) is 0 Å². The number of amides is 2. The zero-order chi connectivity index (χ0) is 10.3. The highest BCUT2D eigenvalue weighted by atomic mass is 16.2. The average Bonchev–Trinajstić information content (AvgIpc) is 2.28. The van der Waals surface area contributed by atoms with E-state index in [9.17, 15) is 4.79 Å². The van der Waals surface area contributed by atoms with E-state index in [-0.39, 0.29) is 6.03 Å². The number of aryl methyl sites for hydroxylation is 1. The van der Waals surface area contributed by atoms with Gasteiger partial charge in [0.05, 0.1) is 0 Å². The molecule has 76 valence electrons. The molecule has 2 amide bonds. The van der Waals surface area contributed by atoms with Crippen molar-refractivity contribution in [2.45, 2.75) is 12.8 Å². The van der Waals surface area contributed by atoms with E-state index in [1.54, 1.807) is 0 Å². The number of allylic oxidation sites excluding steroid dienone is 1. The molecule has 0 atom stereocenters. The SMILES string of the molecule is O=C1NCC2=C(CCc3ccccc32)N1. The molecule has 0 fully saturated rings. The molecule has 1 aromatic carbocycles. The molecular weight excluding hydrogens is 188 g/mol. The van der Waals surface area contributed by atoms with Gasteiger partial charge in [0.15, 0.2) is 0 Å². The molecule has 0 saturated heterocycles. The second kappa shape index (κ2) is 3.12. The van der Waals surface area contributed by atoms with E-state index >= 15 is 0 Å². The predicted molar refractivity (Wildman–Crippen MR) is 58.2 cm³/mol. The predicted octanol–water partition coefficient (Wildman–Crippen LogP) is 1.66. The first-order valence-electron chi connectivity index (χ1n) is 5.20. The minimum Gasteiger partial charge on any atom is -0.334 e. The summed E-state index contributed by atoms with van der Waals surface area (Å²) in [6.45, 7) is 0.651. The topological polar surface area (TPSA) is 41.1 Å². The molecule has 1 aliphatic carbocycles. The van der Waals surface area contributed by atoms with E-state index in [0.717, 1.165) is 18.5 Å². The third-order valence-electron chi connectivity index (χ3n) is 3.04. The Bertz CT molecular complexity index is 462. The molecule has 0 unspecified atom stereocenters. The number of hydrogen-bond acceptors (Lipinski definition) is 1. The fourth-order valence-corrected chi connectivity index (χ4v) is 2.30. The maximum atomic E-state index is 11.2. The summed E-state index contributed by atoms with van der Waals surface area (Å²) in [4.78, 5) is 11.2. The van der Waals surface area contributed by atoms with Crippen molar-refractivity contribution in [1.29, 1.82) is 0 Å². The highest BCUT2D eigenvalue weighted by molar-refractivity contribution is 5.87. The molecule has 0 saturated carbocycles. The summed E-state index contributed by atoms with van der Waals surface area (Å²) in [6, 6.07) is 8.33. The van der Waals surface area contributed by atoms with Gasteiger partial charge in [0.1, 0.15) is 0 Å². The molecule has 2 aliphatic rings. The van der Waals surface area contributed by atoms with Gasteiger partial charge in [-0.3, -0.25) is 0 Å². The van der Waals surface area contributed by atoms with Crippen LogP contribution >= 0.6 is 0 Å². The van der Waals surface area contributed by atoms with Crippen molar-refractivity contribution in [3.8, 4) is 0 Å². The van der Waals surface area contributed by atoms with Gasteiger partial charge < -0.3 is 10.6 Å². The lowest BCUT2D eigenvalue weighted by Gasteiger charge is -2.27. The molecule has 3 heteroatoms. The molecule has 3 rings (SSSR count). The quantitative estimate of drug-likeness (QED) is 0.657. The Morgan fingerprint density at radius 2 is 2.00 bits per heavy atom. The van der Waals surface area contributed by atoms with E-state index in [1.807, 2.05) is 6.07 Å². The molecule has 0 aromatic heterocycles. The van der Waals surface area contributed by atoms with E-state index in [1.165, 1.54) is 16.7 Å². The zero-order valence-corrected chi connectivity index (χ0v) is 8.34. The van der Waals surface area contributed by atoms with Crippen molar-refractivity contribution in [2.24, 2.45) is 0 Å². The standard InChI is InChI=1S/C12H12N2O/c15-12-13-7-10-9-4-2-1-3-8(9)5-6-11(10)14-12/h1-4H,5-7H2,(H2,13,14,15). The number of benzene rings is 1. The third-order valence-corrected chi connectivity index (χ3v) is 3.04. The Morgan fingerprint density at radius 3 is 2.93 bits per heavy atom. The normalized spacial score (nSPS) is 18.8. The first-order chi connectivity index (χ1) is 7.34. The molecule has 1 aliphatic heterocycles. The number of urea groups is 1. The van der Waals surface area contributed by atoms with E-state index < -0.39 is 0 Å². The lowest BCUT2D eigenvalue weighted by Crippen LogP contribution is -2.42. The van der Waals surface area contributed by atoms with Crippen molar-refractivity contribution in [1.82, 2.24) is 10.6 Å². The first-order valence-corrected chi connectivity index (χ1v) is 5.20. The van der Waals surface area contributed by atoms with Gasteiger partial charge in [-0.2, -0.15) is 0 Å². The maximum Gasteiger partial charge on any atom is 0.319 e. The van der Waals surface area contributed by atoms with Crippen molar-refractivity contribution >= 4 is 11.6 Å². The molecule has 1 aromatic rings. The minimum atomic E-state index is -0.0758. The van der Waals surface area contributed by atoms with Crippen LogP contribution in [-0.2, 0) is 6.42 Å². The Hall–Kier alpha value is -1.77. The van der Waals surface area contributed by atoms with Crippen LogP contribution in [0.2, 0.25) is 0 Å². The Balaban J connectivity index is 2.11. The van der Waals surface area contributed by atoms with Crippen LogP contribution in [0.25, 0.3) is 5.57 Å². The minimum absolute atomic E-state index is 0.0758. The maximum absolute atomic E-state index is 11.2. The summed E-state index contributed by atoms with van der Waals surface area (Å²) in [5.74, 6) is 0. The van der Waals surface area contributed by atoms with Crippen LogP contribution < -0.4 is 10.6 Å². The number of hydrogen-bond donors (Lipinski definition) is 2. The molecule has 0 radical (unpaired) electrons. The van der Waals surface area contributed by atoms with Crippen LogP contribution in [-0.4, -0.2) is 12.6 Å². The fraction of sp³-hybridized carbons (Fsp3) is 0.250. The Labute approximate surface area is 88.2 Å². The Morgan fingerprint density at radius 1 is 1.13 bits per heavy atom. The Kier molecular flexibility index (Phi) is 1.78. The number of rotatable bonds is 0. The van der Waals surface area contributed by atoms with Crippen LogP contribution in [0.5, 0.6) is 0 Å². The molecular formula is C12H12N2O. The summed E-state index contributed by atoms with van der Waals surface area (Å²) in [7, 11) is 0. The van der Waals surface area contributed by atoms with Crippen LogP contribution in [0, 0.1) is 0 Å². The van der Waals surface area contributed by atoms with Gasteiger partial charge in [0.2, 0.25) is 0 Å². The highest BCUT2D eigenvalue weighted by Crippen LogP contribution is 2.30. The lowest BCUT2D eigenvalue weighted by atomic mass is 9.88. The zero-order valence-electron chi connectivity index (χ0n) is 8.34. The van der Waals surface area contributed by atoms with Gasteiger partial charge in [0, 0.05) is 12.2 Å². The summed E-state index contributed by atoms with van der Waals surface area (Å²) in [6.07, 6.45) is 1.97. The fourth-order valence-electron chi connectivity index (χ4n) is 2.30. The number of fused-ring (bicyclic) bond motifs is 2. The van der Waals surface area contributed by atoms with Crippen LogP contribution in [0.15, 0.2) is 30.0 Å². The second-order valence-corrected chi connectivity index (χ2v) is 3.92. The molecule has 3 nitrogen and oxygen atoms in total. The number of carbonyl (C=O) groups is 1. The van der Waals surface area contributed by atoms with Gasteiger partial charge >= 0.3 is 6.03 Å². The second-order valence-electron chi connectivity index (χ2n) is 3.92. The van der Waals surface area contributed by atoms with E-state index in [2.05, 4.69) is 28.8 Å².